The van der Waals surface area contributed by atoms with Gasteiger partial charge in [0.15, 0.2) is 5.82 Å². The van der Waals surface area contributed by atoms with Crippen LogP contribution in [-0.2, 0) is 0 Å². The number of hydrogen-bond acceptors (Lipinski definition) is 4. The van der Waals surface area contributed by atoms with Crippen molar-refractivity contribution >= 4 is 27.5 Å². The molecule has 0 amide bonds. The van der Waals surface area contributed by atoms with E-state index in [4.69, 9.17) is 16.1 Å². The predicted octanol–water partition coefficient (Wildman–Crippen LogP) is 4.36. The summed E-state index contributed by atoms with van der Waals surface area (Å²) in [5.74, 6) is 1.27. The number of aromatic nitrogens is 2. The number of halogens is 2. The van der Waals surface area contributed by atoms with Gasteiger partial charge in [-0.15, -0.1) is 0 Å². The van der Waals surface area contributed by atoms with Gasteiger partial charge in [0.2, 0.25) is 0 Å². The lowest BCUT2D eigenvalue weighted by molar-refractivity contribution is 0.402. The molecule has 0 bridgehead atoms. The third kappa shape index (κ3) is 3.05. The van der Waals surface area contributed by atoms with Crippen LogP contribution in [0.5, 0.6) is 0 Å². The second kappa shape index (κ2) is 6.24. The van der Waals surface area contributed by atoms with E-state index in [1.165, 1.54) is 19.3 Å². The van der Waals surface area contributed by atoms with Gasteiger partial charge in [-0.1, -0.05) is 29.6 Å². The summed E-state index contributed by atoms with van der Waals surface area (Å²) < 4.78 is 6.20. The molecular formula is C14H15BrClN3O. The monoisotopic (exact) mass is 355 g/mol. The molecule has 2 aromatic rings. The zero-order valence-corrected chi connectivity index (χ0v) is 13.2. The molecule has 20 heavy (non-hydrogen) atoms. The van der Waals surface area contributed by atoms with E-state index in [0.29, 0.717) is 10.9 Å². The van der Waals surface area contributed by atoms with E-state index in [-0.39, 0.29) is 6.04 Å². The van der Waals surface area contributed by atoms with Crippen LogP contribution in [0.1, 0.15) is 37.5 Å². The summed E-state index contributed by atoms with van der Waals surface area (Å²) in [6.07, 6.45) is 4.74. The first-order valence-corrected chi connectivity index (χ1v) is 7.93. The number of nitrogens with zero attached hydrogens (tertiary/aromatic N) is 2. The summed E-state index contributed by atoms with van der Waals surface area (Å²) in [7, 11) is 0. The van der Waals surface area contributed by atoms with Gasteiger partial charge in [0.25, 0.3) is 5.89 Å². The SMILES string of the molecule is Clc1ccc(-c2nc(C3CCCCCN3)no2)cc1Br. The standard InChI is InChI=1S/C14H15BrClN3O/c15-10-8-9(5-6-11(10)16)14-18-13(19-20-14)12-4-2-1-3-7-17-12/h5-6,8,12,17H,1-4,7H2. The van der Waals surface area contributed by atoms with Gasteiger partial charge in [-0.05, 0) is 53.5 Å². The third-order valence-corrected chi connectivity index (χ3v) is 4.69. The molecule has 0 saturated carbocycles. The van der Waals surface area contributed by atoms with Crippen molar-refractivity contribution in [2.24, 2.45) is 0 Å². The second-order valence-electron chi connectivity index (χ2n) is 4.94. The normalized spacial score (nSPS) is 19.8. The molecule has 6 heteroatoms. The van der Waals surface area contributed by atoms with E-state index in [0.717, 1.165) is 28.8 Å². The number of hydrogen-bond donors (Lipinski definition) is 1. The molecule has 1 saturated heterocycles. The van der Waals surface area contributed by atoms with Gasteiger partial charge in [-0.3, -0.25) is 0 Å². The third-order valence-electron chi connectivity index (χ3n) is 3.48. The summed E-state index contributed by atoms with van der Waals surface area (Å²) in [6.45, 7) is 1.01. The molecule has 1 atom stereocenters. The van der Waals surface area contributed by atoms with Crippen molar-refractivity contribution < 1.29 is 4.52 Å². The first-order valence-electron chi connectivity index (χ1n) is 6.76. The first kappa shape index (κ1) is 14.0. The molecule has 1 aliphatic rings. The molecule has 0 spiro atoms. The molecule has 1 unspecified atom stereocenters. The van der Waals surface area contributed by atoms with Gasteiger partial charge >= 0.3 is 0 Å². The summed E-state index contributed by atoms with van der Waals surface area (Å²) in [6, 6.07) is 5.78. The van der Waals surface area contributed by atoms with Crippen LogP contribution in [0.15, 0.2) is 27.2 Å². The summed E-state index contributed by atoms with van der Waals surface area (Å²) in [4.78, 5) is 4.51. The van der Waals surface area contributed by atoms with Gasteiger partial charge in [-0.2, -0.15) is 4.98 Å². The molecule has 4 nitrogen and oxygen atoms in total. The molecule has 1 fully saturated rings. The largest absolute Gasteiger partial charge is 0.334 e. The molecule has 3 rings (SSSR count). The minimum Gasteiger partial charge on any atom is -0.334 e. The molecule has 1 aromatic carbocycles. The first-order chi connectivity index (χ1) is 9.74. The zero-order valence-electron chi connectivity index (χ0n) is 10.9. The van der Waals surface area contributed by atoms with Crippen LogP contribution in [0.3, 0.4) is 0 Å². The van der Waals surface area contributed by atoms with E-state index in [1.54, 1.807) is 0 Å². The lowest BCUT2D eigenvalue weighted by atomic mass is 10.1. The molecular weight excluding hydrogens is 342 g/mol. The van der Waals surface area contributed by atoms with Gasteiger partial charge in [-0.25, -0.2) is 0 Å². The molecule has 2 heterocycles. The van der Waals surface area contributed by atoms with Crippen LogP contribution in [0, 0.1) is 0 Å². The zero-order chi connectivity index (χ0) is 13.9. The van der Waals surface area contributed by atoms with Crippen LogP contribution in [0.2, 0.25) is 5.02 Å². The average molecular weight is 357 g/mol. The van der Waals surface area contributed by atoms with Crippen molar-refractivity contribution in [1.82, 2.24) is 15.5 Å². The lowest BCUT2D eigenvalue weighted by Gasteiger charge is -2.09. The molecule has 1 aliphatic heterocycles. The highest BCUT2D eigenvalue weighted by Crippen LogP contribution is 2.29. The van der Waals surface area contributed by atoms with Crippen molar-refractivity contribution in [3.05, 3.63) is 33.5 Å². The fourth-order valence-corrected chi connectivity index (χ4v) is 2.87. The van der Waals surface area contributed by atoms with E-state index >= 15 is 0 Å². The van der Waals surface area contributed by atoms with Crippen LogP contribution >= 0.6 is 27.5 Å². The minimum absolute atomic E-state index is 0.200. The highest BCUT2D eigenvalue weighted by molar-refractivity contribution is 9.10. The summed E-state index contributed by atoms with van der Waals surface area (Å²) in [5, 5.41) is 8.25. The fourth-order valence-electron chi connectivity index (χ4n) is 2.37. The Balaban J connectivity index is 1.83. The fraction of sp³-hybridized carbons (Fsp3) is 0.429. The average Bonchev–Trinajstić information content (AvgIpc) is 2.78. The highest BCUT2D eigenvalue weighted by atomic mass is 79.9. The molecule has 106 valence electrons. The van der Waals surface area contributed by atoms with E-state index < -0.39 is 0 Å². The maximum atomic E-state index is 5.99. The maximum Gasteiger partial charge on any atom is 0.258 e. The van der Waals surface area contributed by atoms with Gasteiger partial charge in [0, 0.05) is 10.0 Å². The Kier molecular flexibility index (Phi) is 4.38. The van der Waals surface area contributed by atoms with Crippen molar-refractivity contribution in [2.75, 3.05) is 6.54 Å². The molecule has 1 N–H and O–H groups in total. The molecule has 1 aromatic heterocycles. The number of nitrogens with one attached hydrogen (secondary N) is 1. The van der Waals surface area contributed by atoms with Crippen LogP contribution < -0.4 is 5.32 Å². The Morgan fingerprint density at radius 3 is 3.05 bits per heavy atom. The van der Waals surface area contributed by atoms with Crippen LogP contribution in [0.25, 0.3) is 11.5 Å². The summed E-state index contributed by atoms with van der Waals surface area (Å²) >= 11 is 9.39. The topological polar surface area (TPSA) is 51.0 Å². The van der Waals surface area contributed by atoms with E-state index in [9.17, 15) is 0 Å². The minimum atomic E-state index is 0.200. The Hall–Kier alpha value is -0.910. The number of rotatable bonds is 2. The number of benzene rings is 1. The molecule has 0 aliphatic carbocycles. The van der Waals surface area contributed by atoms with E-state index in [2.05, 4.69) is 31.4 Å². The Morgan fingerprint density at radius 2 is 2.20 bits per heavy atom. The molecule has 0 radical (unpaired) electrons. The predicted molar refractivity (Wildman–Crippen MR) is 81.7 cm³/mol. The van der Waals surface area contributed by atoms with Crippen LogP contribution in [-0.4, -0.2) is 16.7 Å². The van der Waals surface area contributed by atoms with Crippen LogP contribution in [0.4, 0.5) is 0 Å². The van der Waals surface area contributed by atoms with Gasteiger partial charge in [0.1, 0.15) is 0 Å². The Bertz CT molecular complexity index is 594. The van der Waals surface area contributed by atoms with Crippen molar-refractivity contribution in [3.8, 4) is 11.5 Å². The van der Waals surface area contributed by atoms with Crippen molar-refractivity contribution in [3.63, 3.8) is 0 Å². The van der Waals surface area contributed by atoms with Gasteiger partial charge < -0.3 is 9.84 Å². The van der Waals surface area contributed by atoms with Crippen molar-refractivity contribution in [2.45, 2.75) is 31.7 Å². The second-order valence-corrected chi connectivity index (χ2v) is 6.20. The van der Waals surface area contributed by atoms with E-state index in [1.807, 2.05) is 18.2 Å². The quantitative estimate of drug-likeness (QED) is 0.868. The Labute approximate surface area is 131 Å². The summed E-state index contributed by atoms with van der Waals surface area (Å²) in [5.41, 5.74) is 0.869. The van der Waals surface area contributed by atoms with Gasteiger partial charge in [0.05, 0.1) is 11.1 Å². The smallest absolute Gasteiger partial charge is 0.258 e. The lowest BCUT2D eigenvalue weighted by Crippen LogP contribution is -2.21. The Morgan fingerprint density at radius 1 is 1.30 bits per heavy atom. The maximum absolute atomic E-state index is 5.99. The van der Waals surface area contributed by atoms with Crippen molar-refractivity contribution in [1.29, 1.82) is 0 Å². The highest BCUT2D eigenvalue weighted by Gasteiger charge is 2.20.